The predicted octanol–water partition coefficient (Wildman–Crippen LogP) is 0.785. The normalized spacial score (nSPS) is 25.0. The second-order valence-electron chi connectivity index (χ2n) is 7.33. The Labute approximate surface area is 149 Å². The molecule has 2 saturated heterocycles. The molecule has 2 aliphatic rings. The van der Waals surface area contributed by atoms with E-state index in [1.54, 1.807) is 6.20 Å². The monoisotopic (exact) mass is 347 g/mol. The fourth-order valence-electron chi connectivity index (χ4n) is 4.01. The number of imidazole rings is 1. The van der Waals surface area contributed by atoms with Gasteiger partial charge in [-0.2, -0.15) is 0 Å². The summed E-state index contributed by atoms with van der Waals surface area (Å²) in [6.45, 7) is 5.90. The Morgan fingerprint density at radius 1 is 1.36 bits per heavy atom. The molecule has 3 rings (SSSR count). The van der Waals surface area contributed by atoms with E-state index in [4.69, 9.17) is 0 Å². The second-order valence-corrected chi connectivity index (χ2v) is 7.33. The summed E-state index contributed by atoms with van der Waals surface area (Å²) < 4.78 is 2.08. The number of rotatable bonds is 4. The lowest BCUT2D eigenvalue weighted by molar-refractivity contribution is -0.137. The van der Waals surface area contributed by atoms with Crippen molar-refractivity contribution < 1.29 is 9.59 Å². The van der Waals surface area contributed by atoms with Gasteiger partial charge in [-0.05, 0) is 33.2 Å². The quantitative estimate of drug-likeness (QED) is 0.874. The van der Waals surface area contributed by atoms with E-state index in [0.29, 0.717) is 19.4 Å². The molecule has 2 amide bonds. The average Bonchev–Trinajstić information content (AvgIpc) is 2.90. The van der Waals surface area contributed by atoms with E-state index in [1.807, 2.05) is 18.0 Å². The first-order valence-corrected chi connectivity index (χ1v) is 9.24. The number of nitrogens with one attached hydrogen (secondary N) is 1. The molecule has 0 unspecified atom stereocenters. The molecule has 0 saturated carbocycles. The van der Waals surface area contributed by atoms with Crippen LogP contribution in [0.2, 0.25) is 0 Å². The molecule has 7 heteroatoms. The minimum Gasteiger partial charge on any atom is -0.356 e. The zero-order valence-electron chi connectivity index (χ0n) is 15.3. The topological polar surface area (TPSA) is 70.5 Å². The number of piperazine rings is 1. The summed E-state index contributed by atoms with van der Waals surface area (Å²) >= 11 is 0. The van der Waals surface area contributed by atoms with Gasteiger partial charge in [0, 0.05) is 63.5 Å². The molecule has 7 nitrogen and oxygen atoms in total. The van der Waals surface area contributed by atoms with Gasteiger partial charge in [0.2, 0.25) is 11.8 Å². The number of carbonyl (C=O) groups is 2. The molecule has 0 aliphatic carbocycles. The highest BCUT2D eigenvalue weighted by Crippen LogP contribution is 2.30. The zero-order chi connectivity index (χ0) is 17.9. The lowest BCUT2D eigenvalue weighted by Crippen LogP contribution is -2.62. The summed E-state index contributed by atoms with van der Waals surface area (Å²) in [4.78, 5) is 33.0. The van der Waals surface area contributed by atoms with Gasteiger partial charge in [0.1, 0.15) is 5.82 Å². The molecule has 3 heterocycles. The van der Waals surface area contributed by atoms with E-state index in [1.165, 1.54) is 0 Å². The Balaban J connectivity index is 1.55. The van der Waals surface area contributed by atoms with Crippen molar-refractivity contribution in [2.45, 2.75) is 51.1 Å². The largest absolute Gasteiger partial charge is 0.356 e. The molecular formula is C18H29N5O2. The maximum Gasteiger partial charge on any atom is 0.222 e. The molecule has 25 heavy (non-hydrogen) atoms. The summed E-state index contributed by atoms with van der Waals surface area (Å²) in [5, 5.41) is 2.96. The highest BCUT2D eigenvalue weighted by molar-refractivity contribution is 5.77. The van der Waals surface area contributed by atoms with Crippen LogP contribution >= 0.6 is 0 Å². The molecule has 2 fully saturated rings. The van der Waals surface area contributed by atoms with Gasteiger partial charge in [-0.25, -0.2) is 4.98 Å². The van der Waals surface area contributed by atoms with Crippen LogP contribution in [0.15, 0.2) is 12.4 Å². The maximum absolute atomic E-state index is 12.7. The molecule has 1 aromatic heterocycles. The van der Waals surface area contributed by atoms with Crippen LogP contribution in [0.4, 0.5) is 0 Å². The van der Waals surface area contributed by atoms with Gasteiger partial charge in [-0.1, -0.05) is 0 Å². The van der Waals surface area contributed by atoms with Crippen molar-refractivity contribution >= 4 is 11.8 Å². The lowest BCUT2D eigenvalue weighted by atomic mass is 9.86. The van der Waals surface area contributed by atoms with Crippen LogP contribution in [0.5, 0.6) is 0 Å². The molecule has 1 atom stereocenters. The summed E-state index contributed by atoms with van der Waals surface area (Å²) in [5.41, 5.74) is -0.0615. The molecule has 0 aromatic carbocycles. The van der Waals surface area contributed by atoms with Crippen LogP contribution in [0.25, 0.3) is 0 Å². The third-order valence-corrected chi connectivity index (χ3v) is 5.80. The summed E-state index contributed by atoms with van der Waals surface area (Å²) in [6.07, 6.45) is 7.43. The van der Waals surface area contributed by atoms with Gasteiger partial charge in [0.05, 0.1) is 0 Å². The highest BCUT2D eigenvalue weighted by atomic mass is 16.2. The predicted molar refractivity (Wildman–Crippen MR) is 95.0 cm³/mol. The molecule has 1 aromatic rings. The highest BCUT2D eigenvalue weighted by Gasteiger charge is 2.41. The fraction of sp³-hybridized carbons (Fsp3) is 0.722. The van der Waals surface area contributed by atoms with Crippen molar-refractivity contribution in [1.82, 2.24) is 24.7 Å². The van der Waals surface area contributed by atoms with E-state index in [2.05, 4.69) is 26.8 Å². The first-order valence-electron chi connectivity index (χ1n) is 9.24. The van der Waals surface area contributed by atoms with Crippen molar-refractivity contribution in [3.05, 3.63) is 18.2 Å². The van der Waals surface area contributed by atoms with Crippen LogP contribution in [-0.2, 0) is 16.1 Å². The second kappa shape index (κ2) is 7.56. The van der Waals surface area contributed by atoms with E-state index in [-0.39, 0.29) is 17.4 Å². The standard InChI is InChI=1S/C18H29N5O2/c1-15-19-9-11-22(15)10-3-4-17(25)23-13-12-21(2)18(14-23)6-5-16(24)20-8-7-18/h9,11H,3-8,10,12-14H2,1-2H3,(H,20,24)/t18-/m1/s1. The van der Waals surface area contributed by atoms with Crippen molar-refractivity contribution in [3.63, 3.8) is 0 Å². The lowest BCUT2D eigenvalue weighted by Gasteiger charge is -2.49. The van der Waals surface area contributed by atoms with Crippen LogP contribution < -0.4 is 5.32 Å². The SMILES string of the molecule is Cc1nccn1CCCC(=O)N1CCN(C)[C@]2(CCNC(=O)CC2)C1. The number of hydrogen-bond acceptors (Lipinski definition) is 4. The summed E-state index contributed by atoms with van der Waals surface area (Å²) in [5.74, 6) is 1.35. The Morgan fingerprint density at radius 3 is 2.96 bits per heavy atom. The van der Waals surface area contributed by atoms with E-state index >= 15 is 0 Å². The molecule has 0 radical (unpaired) electrons. The van der Waals surface area contributed by atoms with E-state index in [9.17, 15) is 9.59 Å². The van der Waals surface area contributed by atoms with Crippen molar-refractivity contribution in [2.75, 3.05) is 33.2 Å². The molecular weight excluding hydrogens is 318 g/mol. The summed E-state index contributed by atoms with van der Waals surface area (Å²) in [6, 6.07) is 0. The molecule has 0 bridgehead atoms. The molecule has 2 aliphatic heterocycles. The number of nitrogens with zero attached hydrogens (tertiary/aromatic N) is 4. The number of carbonyl (C=O) groups excluding carboxylic acids is 2. The van der Waals surface area contributed by atoms with Gasteiger partial charge in [-0.15, -0.1) is 0 Å². The van der Waals surface area contributed by atoms with Gasteiger partial charge in [0.25, 0.3) is 0 Å². The van der Waals surface area contributed by atoms with Crippen LogP contribution in [0.3, 0.4) is 0 Å². The number of hydrogen-bond donors (Lipinski definition) is 1. The van der Waals surface area contributed by atoms with Gasteiger partial charge >= 0.3 is 0 Å². The molecule has 138 valence electrons. The summed E-state index contributed by atoms with van der Waals surface area (Å²) in [7, 11) is 2.12. The van der Waals surface area contributed by atoms with Crippen molar-refractivity contribution in [1.29, 1.82) is 0 Å². The Hall–Kier alpha value is -1.89. The van der Waals surface area contributed by atoms with Crippen molar-refractivity contribution in [3.8, 4) is 0 Å². The van der Waals surface area contributed by atoms with Crippen LogP contribution in [-0.4, -0.2) is 69.9 Å². The third kappa shape index (κ3) is 4.03. The van der Waals surface area contributed by atoms with Gasteiger partial charge < -0.3 is 14.8 Å². The first-order chi connectivity index (χ1) is 12.0. The number of aryl methyl sites for hydroxylation is 2. The van der Waals surface area contributed by atoms with Crippen LogP contribution in [0, 0.1) is 6.92 Å². The first kappa shape index (κ1) is 17.9. The number of amides is 2. The minimum atomic E-state index is -0.0615. The maximum atomic E-state index is 12.7. The third-order valence-electron chi connectivity index (χ3n) is 5.80. The van der Waals surface area contributed by atoms with Crippen molar-refractivity contribution in [2.24, 2.45) is 0 Å². The van der Waals surface area contributed by atoms with Gasteiger partial charge in [-0.3, -0.25) is 14.5 Å². The Bertz CT molecular complexity index is 629. The molecule has 1 spiro atoms. The minimum absolute atomic E-state index is 0.0615. The number of likely N-dealkylation sites (N-methyl/N-ethyl adjacent to an activating group) is 1. The number of aromatic nitrogens is 2. The Morgan fingerprint density at radius 2 is 2.20 bits per heavy atom. The fourth-order valence-corrected chi connectivity index (χ4v) is 4.01. The Kier molecular flexibility index (Phi) is 5.42. The van der Waals surface area contributed by atoms with Crippen LogP contribution in [0.1, 0.15) is 37.9 Å². The van der Waals surface area contributed by atoms with E-state index < -0.39 is 0 Å². The van der Waals surface area contributed by atoms with Gasteiger partial charge in [0.15, 0.2) is 0 Å². The van der Waals surface area contributed by atoms with E-state index in [0.717, 1.165) is 51.3 Å². The smallest absolute Gasteiger partial charge is 0.222 e. The zero-order valence-corrected chi connectivity index (χ0v) is 15.3. The average molecular weight is 347 g/mol. The molecule has 1 N–H and O–H groups in total.